The summed E-state index contributed by atoms with van der Waals surface area (Å²) in [4.78, 5) is 25.2. The van der Waals surface area contributed by atoms with Crippen LogP contribution in [0.3, 0.4) is 0 Å². The summed E-state index contributed by atoms with van der Waals surface area (Å²) in [6.07, 6.45) is 1.51. The average molecular weight is 347 g/mol. The van der Waals surface area contributed by atoms with Gasteiger partial charge in [0, 0.05) is 12.6 Å². The van der Waals surface area contributed by atoms with E-state index in [0.29, 0.717) is 22.7 Å². The lowest BCUT2D eigenvalue weighted by Crippen LogP contribution is -2.33. The monoisotopic (exact) mass is 346 g/mol. The minimum atomic E-state index is -0.520. The minimum absolute atomic E-state index is 0.206. The smallest absolute Gasteiger partial charge is 0.327 e. The van der Waals surface area contributed by atoms with Gasteiger partial charge in [0.2, 0.25) is 0 Å². The lowest BCUT2D eigenvalue weighted by Gasteiger charge is -2.20. The largest absolute Gasteiger partial charge is 0.468 e. The van der Waals surface area contributed by atoms with Gasteiger partial charge in [0.1, 0.15) is 11.0 Å². The standard InChI is InChI=1S/C12H19BrN4O3/c1-8(16(2)3)5-14-9-6-15-17(7-10(18)20-4)12(19)11(9)13/h6,8,14H,5,7H2,1-4H3. The molecule has 112 valence electrons. The number of hydrogen-bond donors (Lipinski definition) is 1. The fourth-order valence-electron chi connectivity index (χ4n) is 1.33. The van der Waals surface area contributed by atoms with Gasteiger partial charge in [-0.3, -0.25) is 9.59 Å². The molecule has 0 aliphatic carbocycles. The van der Waals surface area contributed by atoms with E-state index >= 15 is 0 Å². The number of anilines is 1. The van der Waals surface area contributed by atoms with Crippen molar-refractivity contribution in [1.29, 1.82) is 0 Å². The van der Waals surface area contributed by atoms with Gasteiger partial charge in [-0.1, -0.05) is 0 Å². The quantitative estimate of drug-likeness (QED) is 0.757. The van der Waals surface area contributed by atoms with Crippen molar-refractivity contribution in [2.75, 3.05) is 33.1 Å². The molecule has 0 bridgehead atoms. The van der Waals surface area contributed by atoms with Crippen LogP contribution in [-0.4, -0.2) is 54.4 Å². The van der Waals surface area contributed by atoms with Gasteiger partial charge in [0.05, 0.1) is 19.0 Å². The SMILES string of the molecule is COC(=O)Cn1ncc(NCC(C)N(C)C)c(Br)c1=O. The summed E-state index contributed by atoms with van der Waals surface area (Å²) in [5.74, 6) is -0.520. The summed E-state index contributed by atoms with van der Waals surface area (Å²) in [5, 5.41) is 7.10. The molecule has 1 rings (SSSR count). The molecule has 0 aliphatic heterocycles. The number of carbonyl (C=O) groups is 1. The first-order valence-corrected chi connectivity index (χ1v) is 6.88. The normalized spacial score (nSPS) is 12.3. The van der Waals surface area contributed by atoms with Crippen LogP contribution in [0.25, 0.3) is 0 Å². The van der Waals surface area contributed by atoms with E-state index in [1.54, 1.807) is 0 Å². The molecule has 1 atom stereocenters. The summed E-state index contributed by atoms with van der Waals surface area (Å²) in [6, 6.07) is 0.305. The predicted octanol–water partition coefficient (Wildman–Crippen LogP) is 0.541. The second kappa shape index (κ2) is 7.39. The molecule has 0 saturated heterocycles. The third kappa shape index (κ3) is 4.31. The molecule has 20 heavy (non-hydrogen) atoms. The maximum absolute atomic E-state index is 12.0. The molecule has 7 nitrogen and oxygen atoms in total. The number of rotatable bonds is 6. The molecule has 0 spiro atoms. The highest BCUT2D eigenvalue weighted by atomic mass is 79.9. The van der Waals surface area contributed by atoms with Gasteiger partial charge >= 0.3 is 5.97 Å². The van der Waals surface area contributed by atoms with Gasteiger partial charge in [-0.2, -0.15) is 5.10 Å². The molecule has 0 fully saturated rings. The first kappa shape index (κ1) is 16.6. The van der Waals surface area contributed by atoms with Crippen molar-refractivity contribution in [2.45, 2.75) is 19.5 Å². The molecule has 1 unspecified atom stereocenters. The van der Waals surface area contributed by atoms with E-state index in [-0.39, 0.29) is 12.1 Å². The molecule has 1 aromatic rings. The van der Waals surface area contributed by atoms with Crippen LogP contribution >= 0.6 is 15.9 Å². The molecule has 1 heterocycles. The first-order valence-electron chi connectivity index (χ1n) is 6.09. The number of nitrogens with one attached hydrogen (secondary N) is 1. The maximum atomic E-state index is 12.0. The van der Waals surface area contributed by atoms with E-state index in [1.165, 1.54) is 13.3 Å². The van der Waals surface area contributed by atoms with Crippen LogP contribution in [0.2, 0.25) is 0 Å². The Morgan fingerprint density at radius 1 is 1.60 bits per heavy atom. The van der Waals surface area contributed by atoms with E-state index in [0.717, 1.165) is 4.68 Å². The third-order valence-corrected chi connectivity index (χ3v) is 3.73. The molecule has 1 N–H and O–H groups in total. The van der Waals surface area contributed by atoms with E-state index in [4.69, 9.17) is 0 Å². The highest BCUT2D eigenvalue weighted by Crippen LogP contribution is 2.16. The topological polar surface area (TPSA) is 76.5 Å². The lowest BCUT2D eigenvalue weighted by atomic mass is 10.3. The molecule has 0 saturated carbocycles. The first-order chi connectivity index (χ1) is 9.36. The molecular weight excluding hydrogens is 328 g/mol. The van der Waals surface area contributed by atoms with Crippen LogP contribution in [0, 0.1) is 0 Å². The summed E-state index contributed by atoms with van der Waals surface area (Å²) < 4.78 is 5.91. The third-order valence-electron chi connectivity index (χ3n) is 2.96. The summed E-state index contributed by atoms with van der Waals surface area (Å²) in [5.41, 5.74) is 0.225. The van der Waals surface area contributed by atoms with Crippen molar-refractivity contribution in [3.8, 4) is 0 Å². The molecule has 0 radical (unpaired) electrons. The van der Waals surface area contributed by atoms with Crippen molar-refractivity contribution in [1.82, 2.24) is 14.7 Å². The Hall–Kier alpha value is -1.41. The number of likely N-dealkylation sites (N-methyl/N-ethyl adjacent to an activating group) is 1. The van der Waals surface area contributed by atoms with E-state index < -0.39 is 5.97 Å². The van der Waals surface area contributed by atoms with E-state index in [2.05, 4.69) is 42.9 Å². The Morgan fingerprint density at radius 3 is 2.80 bits per heavy atom. The number of hydrogen-bond acceptors (Lipinski definition) is 6. The van der Waals surface area contributed by atoms with Crippen molar-refractivity contribution in [2.24, 2.45) is 0 Å². The molecule has 0 amide bonds. The van der Waals surface area contributed by atoms with Crippen molar-refractivity contribution >= 4 is 27.6 Å². The van der Waals surface area contributed by atoms with Gasteiger partial charge in [-0.25, -0.2) is 4.68 Å². The van der Waals surface area contributed by atoms with E-state index in [1.807, 2.05) is 14.1 Å². The fourth-order valence-corrected chi connectivity index (χ4v) is 1.78. The average Bonchev–Trinajstić information content (AvgIpc) is 2.42. The fraction of sp³-hybridized carbons (Fsp3) is 0.583. The Bertz CT molecular complexity index is 530. The number of nitrogens with zero attached hydrogens (tertiary/aromatic N) is 3. The van der Waals surface area contributed by atoms with Crippen LogP contribution in [0.1, 0.15) is 6.92 Å². The van der Waals surface area contributed by atoms with Crippen LogP contribution in [0.5, 0.6) is 0 Å². The number of carbonyl (C=O) groups excluding carboxylic acids is 1. The number of halogens is 1. The zero-order valence-electron chi connectivity index (χ0n) is 12.0. The number of aromatic nitrogens is 2. The maximum Gasteiger partial charge on any atom is 0.327 e. The number of methoxy groups -OCH3 is 1. The van der Waals surface area contributed by atoms with Crippen LogP contribution < -0.4 is 10.9 Å². The second-order valence-electron chi connectivity index (χ2n) is 4.60. The lowest BCUT2D eigenvalue weighted by molar-refractivity contribution is -0.141. The van der Waals surface area contributed by atoms with Gasteiger partial charge < -0.3 is 15.0 Å². The highest BCUT2D eigenvalue weighted by molar-refractivity contribution is 9.10. The Labute approximate surface area is 126 Å². The number of esters is 1. The van der Waals surface area contributed by atoms with Crippen LogP contribution in [0.4, 0.5) is 5.69 Å². The molecule has 8 heteroatoms. The van der Waals surface area contributed by atoms with Gasteiger partial charge in [-0.05, 0) is 36.9 Å². The predicted molar refractivity (Wildman–Crippen MR) is 79.9 cm³/mol. The van der Waals surface area contributed by atoms with Crippen LogP contribution in [-0.2, 0) is 16.1 Å². The van der Waals surface area contributed by atoms with Gasteiger partial charge in [-0.15, -0.1) is 0 Å². The zero-order valence-corrected chi connectivity index (χ0v) is 13.6. The highest BCUT2D eigenvalue weighted by Gasteiger charge is 2.12. The van der Waals surface area contributed by atoms with E-state index in [9.17, 15) is 9.59 Å². The Balaban J connectivity index is 2.84. The zero-order chi connectivity index (χ0) is 15.3. The van der Waals surface area contributed by atoms with Crippen molar-refractivity contribution in [3.63, 3.8) is 0 Å². The molecular formula is C12H19BrN4O3. The number of ether oxygens (including phenoxy) is 1. The van der Waals surface area contributed by atoms with Gasteiger partial charge in [0.15, 0.2) is 0 Å². The minimum Gasteiger partial charge on any atom is -0.468 e. The molecule has 0 aromatic carbocycles. The Morgan fingerprint density at radius 2 is 2.25 bits per heavy atom. The summed E-state index contributed by atoms with van der Waals surface area (Å²) in [6.45, 7) is 2.53. The second-order valence-corrected chi connectivity index (χ2v) is 5.40. The van der Waals surface area contributed by atoms with Crippen molar-refractivity contribution in [3.05, 3.63) is 21.0 Å². The summed E-state index contributed by atoms with van der Waals surface area (Å²) in [7, 11) is 5.23. The molecule has 1 aromatic heterocycles. The van der Waals surface area contributed by atoms with Crippen molar-refractivity contribution < 1.29 is 9.53 Å². The van der Waals surface area contributed by atoms with Gasteiger partial charge in [0.25, 0.3) is 5.56 Å². The molecule has 0 aliphatic rings. The Kier molecular flexibility index (Phi) is 6.15. The summed E-state index contributed by atoms with van der Waals surface area (Å²) >= 11 is 3.23. The van der Waals surface area contributed by atoms with Crippen LogP contribution in [0.15, 0.2) is 15.5 Å².